The highest BCUT2D eigenvalue weighted by atomic mass is 35.5. The quantitative estimate of drug-likeness (QED) is 0.925. The van der Waals surface area contributed by atoms with Crippen LogP contribution in [-0.2, 0) is 0 Å². The monoisotopic (exact) mass is 349 g/mol. The van der Waals surface area contributed by atoms with Crippen molar-refractivity contribution in [3.05, 3.63) is 35.5 Å². The van der Waals surface area contributed by atoms with Crippen LogP contribution in [0.1, 0.15) is 29.4 Å². The van der Waals surface area contributed by atoms with Crippen molar-refractivity contribution in [3.8, 4) is 5.75 Å². The van der Waals surface area contributed by atoms with Gasteiger partial charge in [-0.15, -0.1) is 12.4 Å². The van der Waals surface area contributed by atoms with Crippen LogP contribution in [0.15, 0.2) is 24.3 Å². The maximum absolute atomic E-state index is 12.9. The van der Waals surface area contributed by atoms with Gasteiger partial charge in [0.05, 0.1) is 23.9 Å². The summed E-state index contributed by atoms with van der Waals surface area (Å²) in [6.45, 7) is 6.09. The lowest BCUT2D eigenvalue weighted by Crippen LogP contribution is -2.34. The number of aryl methyl sites for hydroxylation is 1. The predicted molar refractivity (Wildman–Crippen MR) is 98.0 cm³/mol. The maximum Gasteiger partial charge on any atom is 0.255 e. The van der Waals surface area contributed by atoms with Crippen LogP contribution >= 0.6 is 12.4 Å². The summed E-state index contributed by atoms with van der Waals surface area (Å²) in [5, 5.41) is 0.945. The van der Waals surface area contributed by atoms with Crippen molar-refractivity contribution in [1.82, 2.24) is 9.88 Å². The third kappa shape index (κ3) is 3.32. The number of hydrogen-bond acceptors (Lipinski definition) is 4. The second-order valence-electron chi connectivity index (χ2n) is 6.67. The minimum Gasteiger partial charge on any atom is -0.497 e. The van der Waals surface area contributed by atoms with Crippen LogP contribution in [0.4, 0.5) is 0 Å². The number of rotatable bonds is 3. The third-order valence-electron chi connectivity index (χ3n) is 4.78. The number of pyridine rings is 1. The fourth-order valence-electron chi connectivity index (χ4n) is 3.12. The van der Waals surface area contributed by atoms with Gasteiger partial charge in [-0.25, -0.2) is 0 Å². The SMILES string of the molecule is COc1ccc2cc(C(=O)N3CCC(C)(CN)C3)c(C)nc2c1.Cl. The molecule has 0 saturated carbocycles. The molecular formula is C18H24ClN3O2. The molecule has 6 heteroatoms. The molecule has 1 aromatic carbocycles. The van der Waals surface area contributed by atoms with E-state index in [0.717, 1.165) is 35.3 Å². The second kappa shape index (κ2) is 6.95. The number of ether oxygens (including phenoxy) is 1. The minimum atomic E-state index is 0. The highest BCUT2D eigenvalue weighted by molar-refractivity contribution is 5.99. The Morgan fingerprint density at radius 3 is 2.79 bits per heavy atom. The van der Waals surface area contributed by atoms with E-state index in [4.69, 9.17) is 10.5 Å². The Kier molecular flexibility index (Phi) is 5.35. The molecule has 1 aromatic heterocycles. The Hall–Kier alpha value is -1.85. The fourth-order valence-corrected chi connectivity index (χ4v) is 3.12. The average molecular weight is 350 g/mol. The number of carbonyl (C=O) groups is 1. The summed E-state index contributed by atoms with van der Waals surface area (Å²) in [6.07, 6.45) is 0.951. The molecule has 1 amide bonds. The first-order valence-electron chi connectivity index (χ1n) is 7.90. The number of fused-ring (bicyclic) bond motifs is 1. The molecule has 24 heavy (non-hydrogen) atoms. The zero-order chi connectivity index (χ0) is 16.6. The van der Waals surface area contributed by atoms with E-state index < -0.39 is 0 Å². The van der Waals surface area contributed by atoms with Gasteiger partial charge in [0, 0.05) is 24.5 Å². The number of halogens is 1. The molecule has 1 aliphatic rings. The number of hydrogen-bond donors (Lipinski definition) is 1. The number of likely N-dealkylation sites (tertiary alicyclic amines) is 1. The van der Waals surface area contributed by atoms with Gasteiger partial charge in [-0.05, 0) is 43.5 Å². The van der Waals surface area contributed by atoms with Gasteiger partial charge in [-0.1, -0.05) is 6.92 Å². The summed E-state index contributed by atoms with van der Waals surface area (Å²) in [5.74, 6) is 0.812. The first-order valence-corrected chi connectivity index (χ1v) is 7.90. The Morgan fingerprint density at radius 1 is 1.42 bits per heavy atom. The first-order chi connectivity index (χ1) is 11.0. The molecule has 3 rings (SSSR count). The van der Waals surface area contributed by atoms with Gasteiger partial charge in [-0.3, -0.25) is 9.78 Å². The average Bonchev–Trinajstić information content (AvgIpc) is 2.96. The highest BCUT2D eigenvalue weighted by Gasteiger charge is 2.35. The van der Waals surface area contributed by atoms with Gasteiger partial charge in [-0.2, -0.15) is 0 Å². The van der Waals surface area contributed by atoms with Gasteiger partial charge in [0.25, 0.3) is 5.91 Å². The molecule has 0 radical (unpaired) electrons. The van der Waals surface area contributed by atoms with Crippen molar-refractivity contribution in [1.29, 1.82) is 0 Å². The van der Waals surface area contributed by atoms with E-state index >= 15 is 0 Å². The Bertz CT molecular complexity index is 765. The maximum atomic E-state index is 12.9. The van der Waals surface area contributed by atoms with Gasteiger partial charge in [0.15, 0.2) is 0 Å². The number of nitrogens with two attached hydrogens (primary N) is 1. The molecule has 1 unspecified atom stereocenters. The molecule has 2 aromatic rings. The highest BCUT2D eigenvalue weighted by Crippen LogP contribution is 2.30. The lowest BCUT2D eigenvalue weighted by Gasteiger charge is -2.23. The topological polar surface area (TPSA) is 68.5 Å². The van der Waals surface area contributed by atoms with Crippen molar-refractivity contribution in [2.24, 2.45) is 11.1 Å². The van der Waals surface area contributed by atoms with E-state index in [2.05, 4.69) is 11.9 Å². The molecule has 5 nitrogen and oxygen atoms in total. The van der Waals surface area contributed by atoms with E-state index in [1.54, 1.807) is 7.11 Å². The molecular weight excluding hydrogens is 326 g/mol. The van der Waals surface area contributed by atoms with E-state index in [9.17, 15) is 4.79 Å². The number of benzene rings is 1. The molecule has 1 aliphatic heterocycles. The predicted octanol–water partition coefficient (Wildman–Crippen LogP) is 2.78. The lowest BCUT2D eigenvalue weighted by molar-refractivity contribution is 0.0776. The minimum absolute atomic E-state index is 0. The van der Waals surface area contributed by atoms with Crippen LogP contribution in [0.5, 0.6) is 5.75 Å². The Labute approximate surface area is 148 Å². The zero-order valence-corrected chi connectivity index (χ0v) is 15.2. The van der Waals surface area contributed by atoms with Gasteiger partial charge >= 0.3 is 0 Å². The summed E-state index contributed by atoms with van der Waals surface area (Å²) in [4.78, 5) is 19.3. The van der Waals surface area contributed by atoms with Gasteiger partial charge < -0.3 is 15.4 Å². The van der Waals surface area contributed by atoms with Crippen LogP contribution in [0.25, 0.3) is 10.9 Å². The van der Waals surface area contributed by atoms with Crippen molar-refractivity contribution in [2.75, 3.05) is 26.7 Å². The Balaban J connectivity index is 0.00000208. The van der Waals surface area contributed by atoms with Crippen molar-refractivity contribution >= 4 is 29.2 Å². The number of amides is 1. The van der Waals surface area contributed by atoms with Crippen LogP contribution in [0.3, 0.4) is 0 Å². The molecule has 1 atom stereocenters. The summed E-state index contributed by atoms with van der Waals surface area (Å²) < 4.78 is 5.23. The number of nitrogens with zero attached hydrogens (tertiary/aromatic N) is 2. The van der Waals surface area contributed by atoms with Crippen molar-refractivity contribution in [2.45, 2.75) is 20.3 Å². The molecule has 2 N–H and O–H groups in total. The largest absolute Gasteiger partial charge is 0.497 e. The van der Waals surface area contributed by atoms with Gasteiger partial charge in [0.1, 0.15) is 5.75 Å². The smallest absolute Gasteiger partial charge is 0.255 e. The van der Waals surface area contributed by atoms with Crippen molar-refractivity contribution in [3.63, 3.8) is 0 Å². The molecule has 0 bridgehead atoms. The summed E-state index contributed by atoms with van der Waals surface area (Å²) in [5.41, 5.74) is 8.12. The Morgan fingerprint density at radius 2 is 2.17 bits per heavy atom. The number of methoxy groups -OCH3 is 1. The third-order valence-corrected chi connectivity index (χ3v) is 4.78. The molecule has 1 fully saturated rings. The number of aromatic nitrogens is 1. The summed E-state index contributed by atoms with van der Waals surface area (Å²) >= 11 is 0. The summed E-state index contributed by atoms with van der Waals surface area (Å²) in [7, 11) is 1.63. The van der Waals surface area contributed by atoms with E-state index in [-0.39, 0.29) is 23.7 Å². The van der Waals surface area contributed by atoms with E-state index in [1.807, 2.05) is 36.1 Å². The van der Waals surface area contributed by atoms with E-state index in [1.165, 1.54) is 0 Å². The molecule has 0 aliphatic carbocycles. The molecule has 0 spiro atoms. The van der Waals surface area contributed by atoms with Crippen LogP contribution < -0.4 is 10.5 Å². The van der Waals surface area contributed by atoms with Crippen LogP contribution in [0, 0.1) is 12.3 Å². The molecule has 1 saturated heterocycles. The van der Waals surface area contributed by atoms with E-state index in [0.29, 0.717) is 18.7 Å². The zero-order valence-electron chi connectivity index (χ0n) is 14.3. The van der Waals surface area contributed by atoms with Crippen molar-refractivity contribution < 1.29 is 9.53 Å². The standard InChI is InChI=1S/C18H23N3O2.ClH/c1-12-15(17(22)21-7-6-18(2,10-19)11-21)8-13-4-5-14(23-3)9-16(13)20-12;/h4-5,8-9H,6-7,10-11,19H2,1-3H3;1H. The fraction of sp³-hybridized carbons (Fsp3) is 0.444. The second-order valence-corrected chi connectivity index (χ2v) is 6.67. The van der Waals surface area contributed by atoms with Gasteiger partial charge in [0.2, 0.25) is 0 Å². The van der Waals surface area contributed by atoms with Crippen LogP contribution in [-0.4, -0.2) is 42.5 Å². The first kappa shape index (κ1) is 18.5. The molecule has 130 valence electrons. The number of carbonyl (C=O) groups excluding carboxylic acids is 1. The molecule has 2 heterocycles. The summed E-state index contributed by atoms with van der Waals surface area (Å²) in [6, 6.07) is 7.63. The normalized spacial score (nSPS) is 20.1. The van der Waals surface area contributed by atoms with Crippen LogP contribution in [0.2, 0.25) is 0 Å². The lowest BCUT2D eigenvalue weighted by atomic mass is 9.90.